The van der Waals surface area contributed by atoms with Gasteiger partial charge in [-0.3, -0.25) is 14.9 Å². The first-order chi connectivity index (χ1) is 11.8. The number of nitrogens with one attached hydrogen (secondary N) is 1. The molecule has 9 nitrogen and oxygen atoms in total. The fraction of sp³-hybridized carbons (Fsp3) is 0.312. The molecule has 134 valence electrons. The summed E-state index contributed by atoms with van der Waals surface area (Å²) in [5.41, 5.74) is -0.867. The number of nitrogens with zero attached hydrogens (tertiary/aromatic N) is 1. The molecule has 25 heavy (non-hydrogen) atoms. The number of carbonyl (C=O) groups excluding carboxylic acids is 3. The Hall–Kier alpha value is -3.23. The quantitative estimate of drug-likeness (QED) is 0.327. The number of hydrogen-bond acceptors (Lipinski definition) is 7. The predicted octanol–water partition coefficient (Wildman–Crippen LogP) is 1.62. The van der Waals surface area contributed by atoms with Crippen molar-refractivity contribution < 1.29 is 28.8 Å². The minimum absolute atomic E-state index is 0.0712. The third-order valence-electron chi connectivity index (χ3n) is 2.95. The molecule has 1 amide bonds. The molecule has 0 aliphatic heterocycles. The second kappa shape index (κ2) is 9.16. The molecule has 1 rings (SSSR count). The van der Waals surface area contributed by atoms with Gasteiger partial charge in [-0.05, 0) is 19.9 Å². The van der Waals surface area contributed by atoms with Crippen LogP contribution in [0.3, 0.4) is 0 Å². The fourth-order valence-corrected chi connectivity index (χ4v) is 1.77. The van der Waals surface area contributed by atoms with Crippen LogP contribution in [0.25, 0.3) is 0 Å². The molecule has 0 heterocycles. The number of nitro benzene ring substituents is 1. The highest BCUT2D eigenvalue weighted by Gasteiger charge is 2.22. The summed E-state index contributed by atoms with van der Waals surface area (Å²) in [6.07, 6.45) is 0.330. The van der Waals surface area contributed by atoms with E-state index in [0.29, 0.717) is 0 Å². The van der Waals surface area contributed by atoms with Crippen molar-refractivity contribution in [3.05, 3.63) is 52.1 Å². The maximum Gasteiger partial charge on any atom is 0.339 e. The summed E-state index contributed by atoms with van der Waals surface area (Å²) in [4.78, 5) is 45.8. The number of benzene rings is 1. The summed E-state index contributed by atoms with van der Waals surface area (Å²) < 4.78 is 9.74. The summed E-state index contributed by atoms with van der Waals surface area (Å²) in [5.74, 6) is -2.34. The van der Waals surface area contributed by atoms with Crippen molar-refractivity contribution in [2.45, 2.75) is 20.0 Å². The molecule has 0 spiro atoms. The van der Waals surface area contributed by atoms with Gasteiger partial charge in [0.1, 0.15) is 0 Å². The van der Waals surface area contributed by atoms with Crippen LogP contribution < -0.4 is 5.32 Å². The number of esters is 2. The highest BCUT2D eigenvalue weighted by molar-refractivity contribution is 5.97. The molecule has 0 fully saturated rings. The number of nitro groups is 1. The van der Waals surface area contributed by atoms with E-state index in [1.807, 2.05) is 0 Å². The third-order valence-corrected chi connectivity index (χ3v) is 2.95. The molecule has 0 radical (unpaired) electrons. The average Bonchev–Trinajstić information content (AvgIpc) is 2.59. The van der Waals surface area contributed by atoms with E-state index in [0.717, 1.165) is 18.2 Å². The third kappa shape index (κ3) is 5.72. The molecule has 1 aromatic rings. The van der Waals surface area contributed by atoms with E-state index in [1.54, 1.807) is 6.92 Å². The minimum Gasteiger partial charge on any atom is -0.462 e. The Kier molecular flexibility index (Phi) is 7.26. The summed E-state index contributed by atoms with van der Waals surface area (Å²) in [6, 6.07) is 3.07. The van der Waals surface area contributed by atoms with Crippen LogP contribution in [0.2, 0.25) is 0 Å². The predicted molar refractivity (Wildman–Crippen MR) is 87.1 cm³/mol. The van der Waals surface area contributed by atoms with E-state index in [2.05, 4.69) is 11.9 Å². The Labute approximate surface area is 143 Å². The highest BCUT2D eigenvalue weighted by atomic mass is 16.6. The Morgan fingerprint density at radius 3 is 2.40 bits per heavy atom. The Morgan fingerprint density at radius 1 is 1.28 bits per heavy atom. The topological polar surface area (TPSA) is 125 Å². The molecule has 0 saturated heterocycles. The molecular weight excluding hydrogens is 332 g/mol. The molecular formula is C16H18N2O7. The number of non-ortho nitro benzene ring substituents is 1. The monoisotopic (exact) mass is 350 g/mol. The van der Waals surface area contributed by atoms with Crippen molar-refractivity contribution in [3.8, 4) is 0 Å². The van der Waals surface area contributed by atoms with Gasteiger partial charge < -0.3 is 14.8 Å². The first-order valence-electron chi connectivity index (χ1n) is 7.36. The van der Waals surface area contributed by atoms with Gasteiger partial charge >= 0.3 is 11.9 Å². The van der Waals surface area contributed by atoms with Gasteiger partial charge in [0.05, 0.1) is 22.7 Å². The van der Waals surface area contributed by atoms with Crippen molar-refractivity contribution >= 4 is 23.5 Å². The molecule has 1 N–H and O–H groups in total. The van der Waals surface area contributed by atoms with Crippen molar-refractivity contribution in [2.24, 2.45) is 0 Å². The molecule has 9 heteroatoms. The van der Waals surface area contributed by atoms with Crippen LogP contribution >= 0.6 is 0 Å². The lowest BCUT2D eigenvalue weighted by atomic mass is 10.1. The van der Waals surface area contributed by atoms with Gasteiger partial charge in [0.15, 0.2) is 6.10 Å². The first-order valence-corrected chi connectivity index (χ1v) is 7.36. The zero-order valence-electron chi connectivity index (χ0n) is 13.8. The van der Waals surface area contributed by atoms with E-state index in [9.17, 15) is 24.5 Å². The zero-order chi connectivity index (χ0) is 19.0. The van der Waals surface area contributed by atoms with Crippen LogP contribution in [-0.4, -0.2) is 42.0 Å². The van der Waals surface area contributed by atoms with Gasteiger partial charge in [0.2, 0.25) is 0 Å². The number of hydrogen-bond donors (Lipinski definition) is 1. The number of amides is 1. The lowest BCUT2D eigenvalue weighted by Gasteiger charge is -2.13. The summed E-state index contributed by atoms with van der Waals surface area (Å²) >= 11 is 0. The molecule has 1 aromatic carbocycles. The van der Waals surface area contributed by atoms with Crippen molar-refractivity contribution in [1.82, 2.24) is 5.32 Å². The molecule has 0 bridgehead atoms. The van der Waals surface area contributed by atoms with Crippen LogP contribution in [0.4, 0.5) is 5.69 Å². The van der Waals surface area contributed by atoms with Crippen molar-refractivity contribution in [2.75, 3.05) is 13.2 Å². The van der Waals surface area contributed by atoms with Gasteiger partial charge in [0.25, 0.3) is 11.6 Å². The van der Waals surface area contributed by atoms with Crippen LogP contribution in [0.5, 0.6) is 0 Å². The lowest BCUT2D eigenvalue weighted by molar-refractivity contribution is -0.384. The maximum absolute atomic E-state index is 12.1. The number of rotatable bonds is 8. The summed E-state index contributed by atoms with van der Waals surface area (Å²) in [5, 5.41) is 13.4. The standard InChI is InChI=1S/C16H18N2O7/c1-4-6-17-14(19)10(3)25-16(21)12-7-11(15(20)24-5-2)8-13(9-12)18(22)23/h4,7-10H,1,5-6H2,2-3H3,(H,17,19). The van der Waals surface area contributed by atoms with Crippen LogP contribution in [0.1, 0.15) is 34.6 Å². The largest absolute Gasteiger partial charge is 0.462 e. The Bertz CT molecular complexity index is 700. The Balaban J connectivity index is 3.03. The molecule has 0 aromatic heterocycles. The van der Waals surface area contributed by atoms with Gasteiger partial charge in [-0.1, -0.05) is 6.08 Å². The van der Waals surface area contributed by atoms with E-state index in [4.69, 9.17) is 9.47 Å². The van der Waals surface area contributed by atoms with Gasteiger partial charge in [-0.25, -0.2) is 9.59 Å². The second-order valence-electron chi connectivity index (χ2n) is 4.83. The molecule has 1 atom stereocenters. The van der Waals surface area contributed by atoms with E-state index >= 15 is 0 Å². The molecule has 1 unspecified atom stereocenters. The average molecular weight is 350 g/mol. The molecule has 0 aliphatic carbocycles. The maximum atomic E-state index is 12.1. The SMILES string of the molecule is C=CCNC(=O)C(C)OC(=O)c1cc(C(=O)OCC)cc([N+](=O)[O-])c1. The van der Waals surface area contributed by atoms with E-state index in [1.165, 1.54) is 13.0 Å². The van der Waals surface area contributed by atoms with E-state index in [-0.39, 0.29) is 24.3 Å². The smallest absolute Gasteiger partial charge is 0.339 e. The summed E-state index contributed by atoms with van der Waals surface area (Å²) in [7, 11) is 0. The zero-order valence-corrected chi connectivity index (χ0v) is 13.8. The van der Waals surface area contributed by atoms with Crippen LogP contribution in [-0.2, 0) is 14.3 Å². The van der Waals surface area contributed by atoms with E-state index < -0.39 is 34.6 Å². The highest BCUT2D eigenvalue weighted by Crippen LogP contribution is 2.19. The van der Waals surface area contributed by atoms with Crippen LogP contribution in [0.15, 0.2) is 30.9 Å². The van der Waals surface area contributed by atoms with Crippen molar-refractivity contribution in [3.63, 3.8) is 0 Å². The number of carbonyl (C=O) groups is 3. The first kappa shape index (κ1) is 19.8. The van der Waals surface area contributed by atoms with Gasteiger partial charge in [-0.15, -0.1) is 6.58 Å². The summed E-state index contributed by atoms with van der Waals surface area (Å²) in [6.45, 7) is 6.63. The minimum atomic E-state index is -1.13. The normalized spacial score (nSPS) is 11.1. The fourth-order valence-electron chi connectivity index (χ4n) is 1.77. The van der Waals surface area contributed by atoms with Crippen molar-refractivity contribution in [1.29, 1.82) is 0 Å². The lowest BCUT2D eigenvalue weighted by Crippen LogP contribution is -2.35. The number of ether oxygens (including phenoxy) is 2. The Morgan fingerprint density at radius 2 is 1.88 bits per heavy atom. The van der Waals surface area contributed by atoms with Crippen LogP contribution in [0, 0.1) is 10.1 Å². The second-order valence-corrected chi connectivity index (χ2v) is 4.83. The van der Waals surface area contributed by atoms with Gasteiger partial charge in [-0.2, -0.15) is 0 Å². The van der Waals surface area contributed by atoms with Gasteiger partial charge in [0, 0.05) is 18.7 Å². The molecule has 0 saturated carbocycles. The molecule has 0 aliphatic rings.